The summed E-state index contributed by atoms with van der Waals surface area (Å²) in [4.78, 5) is 12.0. The molecule has 5 aliphatic rings. The van der Waals surface area contributed by atoms with Crippen LogP contribution in [-0.2, 0) is 24.0 Å². The number of hydrogen-bond acceptors (Lipinski definition) is 5. The van der Waals surface area contributed by atoms with Gasteiger partial charge in [-0.05, 0) is 38.0 Å². The molecule has 2 unspecified atom stereocenters. The largest absolute Gasteiger partial charge is 0.469 e. The van der Waals surface area contributed by atoms with Crippen LogP contribution in [0.5, 0.6) is 0 Å². The Morgan fingerprint density at radius 3 is 2.50 bits per heavy atom. The zero-order valence-electron chi connectivity index (χ0n) is 17.0. The van der Waals surface area contributed by atoms with E-state index in [1.165, 1.54) is 6.42 Å². The van der Waals surface area contributed by atoms with Crippen molar-refractivity contribution in [2.45, 2.75) is 91.2 Å². The van der Waals surface area contributed by atoms with Gasteiger partial charge in [-0.3, -0.25) is 0 Å². The van der Waals surface area contributed by atoms with Crippen LogP contribution in [0.3, 0.4) is 0 Å². The minimum absolute atomic E-state index is 0.128. The van der Waals surface area contributed by atoms with E-state index in [1.807, 2.05) is 6.92 Å². The van der Waals surface area contributed by atoms with Gasteiger partial charge < -0.3 is 14.2 Å². The molecule has 0 aromatic carbocycles. The molecule has 26 heavy (non-hydrogen) atoms. The van der Waals surface area contributed by atoms with Gasteiger partial charge in [0, 0.05) is 23.7 Å². The standard InChI is InChI=1S/C21H34O5/c1-12-8-9-16-13(2)17(22-14(3)19(4,5)6)23-18-21(16)15(12)10-11-20(7,24-18)25-26-21/h12-13,15-18H,3,8-11H2,1-2,4-7H3/t12-,13-,15+,16?,17?,18-,20+,21-/m1/s1. The molecule has 5 heteroatoms. The quantitative estimate of drug-likeness (QED) is 0.520. The maximum absolute atomic E-state index is 6.41. The van der Waals surface area contributed by atoms with Gasteiger partial charge in [-0.1, -0.05) is 41.2 Å². The lowest BCUT2D eigenvalue weighted by molar-refractivity contribution is -0.577. The number of ether oxygens (including phenoxy) is 3. The van der Waals surface area contributed by atoms with Crippen LogP contribution in [0.15, 0.2) is 12.3 Å². The molecule has 0 aromatic rings. The minimum Gasteiger partial charge on any atom is -0.469 e. The van der Waals surface area contributed by atoms with Crippen molar-refractivity contribution in [3.8, 4) is 0 Å². The van der Waals surface area contributed by atoms with Crippen LogP contribution in [0.4, 0.5) is 0 Å². The molecule has 0 N–H and O–H groups in total. The number of rotatable bonds is 2. The molecule has 1 spiro atoms. The van der Waals surface area contributed by atoms with Gasteiger partial charge in [-0.2, -0.15) is 0 Å². The topological polar surface area (TPSA) is 46.2 Å². The Labute approximate surface area is 157 Å². The Morgan fingerprint density at radius 2 is 1.81 bits per heavy atom. The Morgan fingerprint density at radius 1 is 1.08 bits per heavy atom. The molecule has 0 aromatic heterocycles. The summed E-state index contributed by atoms with van der Waals surface area (Å²) in [6, 6.07) is 0. The molecule has 5 fully saturated rings. The SMILES string of the molecule is C=C(OC1O[C@@H]2O[C@]3(C)CC[C@H]4[C@H](C)CCC([C@H]1C)[C@@]24OO3)C(C)(C)C. The Kier molecular flexibility index (Phi) is 4.28. The van der Waals surface area contributed by atoms with E-state index in [9.17, 15) is 0 Å². The number of fused-ring (bicyclic) bond motifs is 2. The highest BCUT2D eigenvalue weighted by molar-refractivity contribution is 5.09. The van der Waals surface area contributed by atoms with Crippen LogP contribution in [0.25, 0.3) is 0 Å². The lowest BCUT2D eigenvalue weighted by atomic mass is 9.58. The van der Waals surface area contributed by atoms with Gasteiger partial charge in [0.05, 0.1) is 5.76 Å². The van der Waals surface area contributed by atoms with Crippen molar-refractivity contribution in [1.82, 2.24) is 0 Å². The van der Waals surface area contributed by atoms with Crippen LogP contribution < -0.4 is 0 Å². The highest BCUT2D eigenvalue weighted by atomic mass is 17.3. The average molecular weight is 366 g/mol. The summed E-state index contributed by atoms with van der Waals surface area (Å²) >= 11 is 0. The van der Waals surface area contributed by atoms with Crippen LogP contribution >= 0.6 is 0 Å². The first-order chi connectivity index (χ1) is 12.1. The predicted molar refractivity (Wildman–Crippen MR) is 96.5 cm³/mol. The van der Waals surface area contributed by atoms with Crippen molar-refractivity contribution in [3.05, 3.63) is 12.3 Å². The lowest BCUT2D eigenvalue weighted by Crippen LogP contribution is -2.70. The van der Waals surface area contributed by atoms with E-state index >= 15 is 0 Å². The second-order valence-corrected chi connectivity index (χ2v) is 10.1. The van der Waals surface area contributed by atoms with Crippen molar-refractivity contribution < 1.29 is 24.0 Å². The zero-order valence-corrected chi connectivity index (χ0v) is 17.0. The summed E-state index contributed by atoms with van der Waals surface area (Å²) < 4.78 is 19.0. The number of allylic oxidation sites excluding steroid dienone is 1. The summed E-state index contributed by atoms with van der Waals surface area (Å²) in [7, 11) is 0. The Bertz CT molecular complexity index is 583. The molecule has 148 valence electrons. The van der Waals surface area contributed by atoms with Gasteiger partial charge in [0.1, 0.15) is 0 Å². The second kappa shape index (κ2) is 5.94. The smallest absolute Gasteiger partial charge is 0.205 e. The monoisotopic (exact) mass is 366 g/mol. The fraction of sp³-hybridized carbons (Fsp3) is 0.905. The zero-order chi connectivity index (χ0) is 18.9. The summed E-state index contributed by atoms with van der Waals surface area (Å²) in [6.45, 7) is 16.9. The molecule has 4 aliphatic heterocycles. The maximum Gasteiger partial charge on any atom is 0.205 e. The van der Waals surface area contributed by atoms with Gasteiger partial charge in [0.15, 0.2) is 11.9 Å². The van der Waals surface area contributed by atoms with E-state index in [2.05, 4.69) is 41.2 Å². The molecule has 4 heterocycles. The Hall–Kier alpha value is -0.620. The van der Waals surface area contributed by atoms with Crippen molar-refractivity contribution >= 4 is 0 Å². The lowest BCUT2D eigenvalue weighted by Gasteiger charge is -2.60. The molecule has 1 saturated carbocycles. The minimum atomic E-state index is -0.746. The van der Waals surface area contributed by atoms with Gasteiger partial charge in [-0.15, -0.1) is 0 Å². The molecule has 0 amide bonds. The van der Waals surface area contributed by atoms with Crippen molar-refractivity contribution in [2.24, 2.45) is 29.1 Å². The van der Waals surface area contributed by atoms with Crippen LogP contribution in [0.1, 0.15) is 67.2 Å². The molecule has 2 bridgehead atoms. The second-order valence-electron chi connectivity index (χ2n) is 10.1. The third kappa shape index (κ3) is 2.66. The predicted octanol–water partition coefficient (Wildman–Crippen LogP) is 4.77. The first kappa shape index (κ1) is 18.7. The van der Waals surface area contributed by atoms with E-state index < -0.39 is 17.7 Å². The van der Waals surface area contributed by atoms with Gasteiger partial charge in [0.2, 0.25) is 12.1 Å². The summed E-state index contributed by atoms with van der Waals surface area (Å²) in [6.07, 6.45) is 3.30. The summed E-state index contributed by atoms with van der Waals surface area (Å²) in [5.74, 6) is 1.40. The van der Waals surface area contributed by atoms with Crippen LogP contribution in [-0.4, -0.2) is 24.0 Å². The Balaban J connectivity index is 1.67. The third-order valence-electron chi connectivity index (χ3n) is 7.19. The third-order valence-corrected chi connectivity index (χ3v) is 7.19. The highest BCUT2D eigenvalue weighted by Gasteiger charge is 2.69. The van der Waals surface area contributed by atoms with Crippen LogP contribution in [0, 0.1) is 29.1 Å². The van der Waals surface area contributed by atoms with E-state index in [0.717, 1.165) is 25.0 Å². The van der Waals surface area contributed by atoms with Crippen molar-refractivity contribution in [2.75, 3.05) is 0 Å². The normalized spacial score (nSPS) is 50.7. The average Bonchev–Trinajstić information content (AvgIpc) is 2.77. The first-order valence-corrected chi connectivity index (χ1v) is 10.1. The van der Waals surface area contributed by atoms with Crippen molar-refractivity contribution in [1.29, 1.82) is 0 Å². The maximum atomic E-state index is 6.41. The van der Waals surface area contributed by atoms with E-state index in [4.69, 9.17) is 24.0 Å². The van der Waals surface area contributed by atoms with E-state index in [0.29, 0.717) is 11.8 Å². The molecule has 8 atom stereocenters. The molecule has 0 radical (unpaired) electrons. The first-order valence-electron chi connectivity index (χ1n) is 10.1. The number of hydrogen-bond donors (Lipinski definition) is 0. The molecule has 1 aliphatic carbocycles. The summed E-state index contributed by atoms with van der Waals surface area (Å²) in [5, 5.41) is 0. The van der Waals surface area contributed by atoms with Crippen molar-refractivity contribution in [3.63, 3.8) is 0 Å². The van der Waals surface area contributed by atoms with E-state index in [-0.39, 0.29) is 23.5 Å². The fourth-order valence-electron chi connectivity index (χ4n) is 5.32. The molecular formula is C21H34O5. The van der Waals surface area contributed by atoms with E-state index in [1.54, 1.807) is 0 Å². The van der Waals surface area contributed by atoms with Gasteiger partial charge in [-0.25, -0.2) is 9.78 Å². The highest BCUT2D eigenvalue weighted by Crippen LogP contribution is 2.60. The van der Waals surface area contributed by atoms with Crippen LogP contribution in [0.2, 0.25) is 0 Å². The summed E-state index contributed by atoms with van der Waals surface area (Å²) in [5.41, 5.74) is -0.660. The van der Waals surface area contributed by atoms with Gasteiger partial charge >= 0.3 is 0 Å². The molecular weight excluding hydrogens is 332 g/mol. The molecule has 5 nitrogen and oxygen atoms in total. The molecule has 4 saturated heterocycles. The van der Waals surface area contributed by atoms with Gasteiger partial charge in [0.25, 0.3) is 0 Å². The molecule has 5 rings (SSSR count). The fourth-order valence-corrected chi connectivity index (χ4v) is 5.32.